The lowest BCUT2D eigenvalue weighted by molar-refractivity contribution is -0.113. The third kappa shape index (κ3) is 4.93. The molecule has 2 aromatic carbocycles. The van der Waals surface area contributed by atoms with Crippen molar-refractivity contribution >= 4 is 58.2 Å². The summed E-state index contributed by atoms with van der Waals surface area (Å²) < 4.78 is 0. The van der Waals surface area contributed by atoms with Crippen LogP contribution < -0.4 is 5.32 Å². The number of carbonyl (C=O) groups excluding carboxylic acids is 1. The number of carbonyl (C=O) groups is 1. The first-order valence-corrected chi connectivity index (χ1v) is 9.58. The fourth-order valence-corrected chi connectivity index (χ4v) is 3.42. The highest BCUT2D eigenvalue weighted by molar-refractivity contribution is 7.99. The quantitative estimate of drug-likeness (QED) is 0.545. The molecule has 0 aliphatic rings. The first-order valence-electron chi connectivity index (χ1n) is 7.46. The summed E-state index contributed by atoms with van der Waals surface area (Å²) in [5.41, 5.74) is 1.34. The summed E-state index contributed by atoms with van der Waals surface area (Å²) in [6.07, 6.45) is 0. The fourth-order valence-electron chi connectivity index (χ4n) is 2.15. The Kier molecular flexibility index (Phi) is 6.24. The molecule has 2 N–H and O–H groups in total. The topological polar surface area (TPSA) is 94.5 Å². The van der Waals surface area contributed by atoms with Crippen LogP contribution in [0.2, 0.25) is 15.1 Å². The van der Waals surface area contributed by atoms with Gasteiger partial charge in [0.1, 0.15) is 6.07 Å². The molecule has 0 aliphatic heterocycles. The zero-order chi connectivity index (χ0) is 19.4. The van der Waals surface area contributed by atoms with Crippen LogP contribution in [-0.4, -0.2) is 26.8 Å². The number of aromatic amines is 1. The molecule has 0 saturated carbocycles. The van der Waals surface area contributed by atoms with Crippen LogP contribution in [0.4, 0.5) is 5.69 Å². The summed E-state index contributed by atoms with van der Waals surface area (Å²) in [7, 11) is 0. The van der Waals surface area contributed by atoms with Crippen molar-refractivity contribution in [3.63, 3.8) is 0 Å². The number of rotatable bonds is 5. The zero-order valence-corrected chi connectivity index (χ0v) is 16.5. The van der Waals surface area contributed by atoms with E-state index in [1.54, 1.807) is 30.3 Å². The number of H-pyrrole nitrogens is 1. The molecule has 0 aliphatic carbocycles. The van der Waals surface area contributed by atoms with E-state index in [0.29, 0.717) is 42.9 Å². The van der Waals surface area contributed by atoms with Gasteiger partial charge in [-0.15, -0.1) is 5.10 Å². The second kappa shape index (κ2) is 8.63. The molecule has 10 heteroatoms. The van der Waals surface area contributed by atoms with Gasteiger partial charge in [0.15, 0.2) is 5.82 Å². The number of amides is 1. The van der Waals surface area contributed by atoms with Gasteiger partial charge in [-0.05, 0) is 36.4 Å². The number of nitriles is 1. The Morgan fingerprint density at radius 2 is 1.93 bits per heavy atom. The number of nitrogens with zero attached hydrogens (tertiary/aromatic N) is 3. The average Bonchev–Trinajstić information content (AvgIpc) is 3.09. The highest BCUT2D eigenvalue weighted by atomic mass is 35.5. The van der Waals surface area contributed by atoms with E-state index in [-0.39, 0.29) is 11.7 Å². The van der Waals surface area contributed by atoms with E-state index in [0.717, 1.165) is 11.8 Å². The standard InChI is InChI=1S/C17H10Cl3N5OS/c18-10-3-4-12(13(20)5-10)16-23-17(25-24-16)27-8-15(26)22-14-6-11(19)2-1-9(14)7-21/h1-6H,8H2,(H,22,26)(H,23,24,25). The molecule has 0 bridgehead atoms. The zero-order valence-electron chi connectivity index (χ0n) is 13.5. The van der Waals surface area contributed by atoms with Gasteiger partial charge in [-0.2, -0.15) is 5.26 Å². The number of hydrogen-bond acceptors (Lipinski definition) is 5. The van der Waals surface area contributed by atoms with Gasteiger partial charge < -0.3 is 5.32 Å². The molecule has 0 unspecified atom stereocenters. The third-order valence-electron chi connectivity index (χ3n) is 3.36. The van der Waals surface area contributed by atoms with Crippen LogP contribution in [0.5, 0.6) is 0 Å². The first-order chi connectivity index (χ1) is 13.0. The molecule has 0 spiro atoms. The van der Waals surface area contributed by atoms with Gasteiger partial charge in [0.25, 0.3) is 0 Å². The number of anilines is 1. The van der Waals surface area contributed by atoms with Crippen molar-refractivity contribution in [1.29, 1.82) is 5.26 Å². The van der Waals surface area contributed by atoms with E-state index >= 15 is 0 Å². The van der Waals surface area contributed by atoms with Gasteiger partial charge in [-0.25, -0.2) is 4.98 Å². The van der Waals surface area contributed by atoms with Crippen LogP contribution in [-0.2, 0) is 4.79 Å². The van der Waals surface area contributed by atoms with E-state index in [1.807, 2.05) is 6.07 Å². The Morgan fingerprint density at radius 3 is 2.67 bits per heavy atom. The summed E-state index contributed by atoms with van der Waals surface area (Å²) in [6, 6.07) is 11.7. The van der Waals surface area contributed by atoms with Crippen LogP contribution in [0.25, 0.3) is 11.4 Å². The summed E-state index contributed by atoms with van der Waals surface area (Å²) in [5, 5.41) is 20.4. The molecule has 1 amide bonds. The smallest absolute Gasteiger partial charge is 0.234 e. The largest absolute Gasteiger partial charge is 0.324 e. The second-order valence-electron chi connectivity index (χ2n) is 5.23. The summed E-state index contributed by atoms with van der Waals surface area (Å²) in [5.74, 6) is 0.221. The lowest BCUT2D eigenvalue weighted by Gasteiger charge is -2.06. The molecule has 3 rings (SSSR count). The van der Waals surface area contributed by atoms with Crippen molar-refractivity contribution in [2.75, 3.05) is 11.1 Å². The Morgan fingerprint density at radius 1 is 1.19 bits per heavy atom. The van der Waals surface area contributed by atoms with Crippen LogP contribution in [0.1, 0.15) is 5.56 Å². The lowest BCUT2D eigenvalue weighted by atomic mass is 10.2. The molecule has 0 fully saturated rings. The summed E-state index contributed by atoms with van der Waals surface area (Å²) >= 11 is 19.1. The minimum atomic E-state index is -0.311. The number of benzene rings is 2. The molecular formula is C17H10Cl3N5OS. The van der Waals surface area contributed by atoms with Gasteiger partial charge in [0, 0.05) is 15.6 Å². The SMILES string of the molecule is N#Cc1ccc(Cl)cc1NC(=O)CSc1n[nH]c(-c2ccc(Cl)cc2Cl)n1. The highest BCUT2D eigenvalue weighted by Gasteiger charge is 2.13. The third-order valence-corrected chi connectivity index (χ3v) is 4.99. The predicted octanol–water partition coefficient (Wildman–Crippen LogP) is 5.03. The molecule has 3 aromatic rings. The molecule has 1 heterocycles. The maximum atomic E-state index is 12.1. The Balaban J connectivity index is 1.64. The molecule has 0 atom stereocenters. The molecule has 0 radical (unpaired) electrons. The van der Waals surface area contributed by atoms with Gasteiger partial charge in [-0.1, -0.05) is 46.6 Å². The highest BCUT2D eigenvalue weighted by Crippen LogP contribution is 2.29. The molecule has 0 saturated heterocycles. The van der Waals surface area contributed by atoms with Gasteiger partial charge in [-0.3, -0.25) is 9.89 Å². The van der Waals surface area contributed by atoms with Crippen molar-refractivity contribution < 1.29 is 4.79 Å². The Hall–Kier alpha value is -2.24. The molecular weight excluding hydrogens is 429 g/mol. The monoisotopic (exact) mass is 437 g/mol. The normalized spacial score (nSPS) is 10.4. The lowest BCUT2D eigenvalue weighted by Crippen LogP contribution is -2.15. The second-order valence-corrected chi connectivity index (χ2v) is 7.45. The maximum absolute atomic E-state index is 12.1. The van der Waals surface area contributed by atoms with E-state index in [9.17, 15) is 4.79 Å². The first kappa shape index (κ1) is 19.5. The minimum absolute atomic E-state index is 0.0586. The molecule has 1 aromatic heterocycles. The molecule has 136 valence electrons. The van der Waals surface area contributed by atoms with E-state index in [1.165, 1.54) is 6.07 Å². The number of hydrogen-bond donors (Lipinski definition) is 2. The van der Waals surface area contributed by atoms with E-state index in [2.05, 4.69) is 20.5 Å². The Labute approximate surface area is 173 Å². The average molecular weight is 439 g/mol. The molecule has 27 heavy (non-hydrogen) atoms. The number of halogens is 3. The van der Waals surface area contributed by atoms with Crippen molar-refractivity contribution in [2.45, 2.75) is 5.16 Å². The van der Waals surface area contributed by atoms with E-state index in [4.69, 9.17) is 40.1 Å². The van der Waals surface area contributed by atoms with Crippen LogP contribution >= 0.6 is 46.6 Å². The van der Waals surface area contributed by atoms with Crippen molar-refractivity contribution in [2.24, 2.45) is 0 Å². The van der Waals surface area contributed by atoms with Crippen molar-refractivity contribution in [3.8, 4) is 17.5 Å². The summed E-state index contributed by atoms with van der Waals surface area (Å²) in [4.78, 5) is 16.5. The van der Waals surface area contributed by atoms with Gasteiger partial charge in [0.05, 0.1) is 22.0 Å². The minimum Gasteiger partial charge on any atom is -0.324 e. The van der Waals surface area contributed by atoms with Crippen molar-refractivity contribution in [3.05, 3.63) is 57.0 Å². The van der Waals surface area contributed by atoms with Crippen LogP contribution in [0.15, 0.2) is 41.6 Å². The number of aromatic nitrogens is 3. The fraction of sp³-hybridized carbons (Fsp3) is 0.0588. The maximum Gasteiger partial charge on any atom is 0.234 e. The predicted molar refractivity (Wildman–Crippen MR) is 107 cm³/mol. The number of nitrogens with one attached hydrogen (secondary N) is 2. The Bertz CT molecular complexity index is 1050. The van der Waals surface area contributed by atoms with Crippen LogP contribution in [0.3, 0.4) is 0 Å². The van der Waals surface area contributed by atoms with Crippen molar-refractivity contribution in [1.82, 2.24) is 15.2 Å². The van der Waals surface area contributed by atoms with Gasteiger partial charge in [0.2, 0.25) is 11.1 Å². The summed E-state index contributed by atoms with van der Waals surface area (Å²) in [6.45, 7) is 0. The van der Waals surface area contributed by atoms with Gasteiger partial charge >= 0.3 is 0 Å². The number of thioether (sulfide) groups is 1. The molecule has 6 nitrogen and oxygen atoms in total. The van der Waals surface area contributed by atoms with Crippen LogP contribution in [0, 0.1) is 11.3 Å². The van der Waals surface area contributed by atoms with E-state index < -0.39 is 0 Å².